The second-order valence-electron chi connectivity index (χ2n) is 1.73. The Kier molecular flexibility index (Phi) is 6.22. The van der Waals surface area contributed by atoms with Gasteiger partial charge < -0.3 is 4.49 Å². The second-order valence-corrected chi connectivity index (χ2v) is 2.17. The van der Waals surface area contributed by atoms with Crippen molar-refractivity contribution in [3.63, 3.8) is 0 Å². The molecule has 4 heteroatoms. The van der Waals surface area contributed by atoms with Gasteiger partial charge in [0.1, 0.15) is 0 Å². The molecule has 0 unspecified atom stereocenters. The molecule has 0 N–H and O–H groups in total. The van der Waals surface area contributed by atoms with Gasteiger partial charge in [0.25, 0.3) is 0 Å². The molecule has 11 heavy (non-hydrogen) atoms. The molecule has 0 fully saturated rings. The van der Waals surface area contributed by atoms with E-state index in [1.807, 2.05) is 6.07 Å². The number of benzene rings is 1. The molecule has 1 rings (SSSR count). The molecular formula is C7H6INaO2. The summed E-state index contributed by atoms with van der Waals surface area (Å²) in [6.45, 7) is 0. The zero-order chi connectivity index (χ0) is 7.40. The van der Waals surface area contributed by atoms with E-state index >= 15 is 0 Å². The van der Waals surface area contributed by atoms with Gasteiger partial charge in [-0.3, -0.25) is 0 Å². The number of carbonyl (C=O) groups excluding carboxylic acids is 1. The van der Waals surface area contributed by atoms with E-state index in [1.165, 1.54) is 0 Å². The van der Waals surface area contributed by atoms with Gasteiger partial charge in [0.15, 0.2) is 23.0 Å². The molecule has 1 aromatic rings. The molecule has 0 radical (unpaired) electrons. The molecule has 0 bridgehead atoms. The van der Waals surface area contributed by atoms with E-state index in [1.54, 1.807) is 47.3 Å². The molecule has 0 spiro atoms. The minimum absolute atomic E-state index is 0. The summed E-state index contributed by atoms with van der Waals surface area (Å²) < 4.78 is 4.47. The van der Waals surface area contributed by atoms with E-state index < -0.39 is 0 Å². The number of rotatable bonds is 1. The average Bonchev–Trinajstić information content (AvgIpc) is 2.05. The van der Waals surface area contributed by atoms with Crippen molar-refractivity contribution in [2.45, 2.75) is 0 Å². The first-order valence-electron chi connectivity index (χ1n) is 2.72. The third-order valence-corrected chi connectivity index (χ3v) is 1.48. The van der Waals surface area contributed by atoms with Crippen molar-refractivity contribution in [2.75, 3.05) is 0 Å². The fourth-order valence-electron chi connectivity index (χ4n) is 0.619. The third kappa shape index (κ3) is 3.55. The van der Waals surface area contributed by atoms with Gasteiger partial charge in [-0.25, -0.2) is 4.79 Å². The fraction of sp³-hybridized carbons (Fsp3) is 0. The number of hydrogen-bond acceptors (Lipinski definition) is 2. The maximum absolute atomic E-state index is 10.8. The molecule has 0 aliphatic carbocycles. The minimum Gasteiger partial charge on any atom is -1.00 e. The summed E-state index contributed by atoms with van der Waals surface area (Å²) in [6, 6.07) is 8.86. The van der Waals surface area contributed by atoms with Crippen molar-refractivity contribution in [2.24, 2.45) is 0 Å². The van der Waals surface area contributed by atoms with Crippen LogP contribution in [0.5, 0.6) is 0 Å². The Labute approximate surface area is 103 Å². The summed E-state index contributed by atoms with van der Waals surface area (Å²) in [4.78, 5) is 10.8. The predicted octanol–water partition coefficient (Wildman–Crippen LogP) is -0.690. The smallest absolute Gasteiger partial charge is 1.00 e. The molecule has 0 heterocycles. The van der Waals surface area contributed by atoms with Crippen molar-refractivity contribution in [3.05, 3.63) is 35.9 Å². The van der Waals surface area contributed by atoms with Crippen molar-refractivity contribution in [3.8, 4) is 0 Å². The first-order chi connectivity index (χ1) is 4.84. The van der Waals surface area contributed by atoms with Crippen LogP contribution in [0.2, 0.25) is 0 Å². The van der Waals surface area contributed by atoms with Crippen LogP contribution < -0.4 is 29.6 Å². The maximum atomic E-state index is 10.8. The quantitative estimate of drug-likeness (QED) is 0.499. The van der Waals surface area contributed by atoms with Gasteiger partial charge in [0.05, 0.1) is 5.56 Å². The minimum atomic E-state index is -0.304. The molecule has 0 atom stereocenters. The Morgan fingerprint density at radius 2 is 1.91 bits per heavy atom. The molecule has 54 valence electrons. The maximum Gasteiger partial charge on any atom is 1.00 e. The van der Waals surface area contributed by atoms with Crippen molar-refractivity contribution in [1.29, 1.82) is 0 Å². The summed E-state index contributed by atoms with van der Waals surface area (Å²) in [7, 11) is 0. The zero-order valence-electron chi connectivity index (χ0n) is 7.08. The van der Waals surface area contributed by atoms with Crippen LogP contribution in [-0.4, -0.2) is 5.97 Å². The van der Waals surface area contributed by atoms with Gasteiger partial charge >= 0.3 is 35.5 Å². The van der Waals surface area contributed by atoms with Crippen molar-refractivity contribution < 1.29 is 38.8 Å². The number of hydrogen-bond donors (Lipinski definition) is 0. The summed E-state index contributed by atoms with van der Waals surface area (Å²) in [6.07, 6.45) is 0. The summed E-state index contributed by atoms with van der Waals surface area (Å²) in [5.74, 6) is -0.304. The van der Waals surface area contributed by atoms with Gasteiger partial charge in [0, 0.05) is 0 Å². The van der Waals surface area contributed by atoms with Crippen LogP contribution in [0.25, 0.3) is 0 Å². The normalized spacial score (nSPS) is 8.09. The molecule has 1 aromatic carbocycles. The Morgan fingerprint density at radius 3 is 2.36 bits per heavy atom. The second kappa shape index (κ2) is 5.99. The molecule has 2 nitrogen and oxygen atoms in total. The Bertz CT molecular complexity index is 230. The van der Waals surface area contributed by atoms with Crippen LogP contribution in [0.15, 0.2) is 30.3 Å². The van der Waals surface area contributed by atoms with E-state index in [2.05, 4.69) is 3.07 Å². The van der Waals surface area contributed by atoms with Gasteiger partial charge in [-0.15, -0.1) is 0 Å². The average molecular weight is 272 g/mol. The van der Waals surface area contributed by atoms with Gasteiger partial charge in [-0.2, -0.15) is 0 Å². The Morgan fingerprint density at radius 1 is 1.36 bits per heavy atom. The van der Waals surface area contributed by atoms with Crippen LogP contribution in [0.4, 0.5) is 0 Å². The van der Waals surface area contributed by atoms with Crippen LogP contribution in [0, 0.1) is 0 Å². The molecule has 0 aromatic heterocycles. The molecule has 0 saturated heterocycles. The Hall–Kier alpha value is 0.420. The van der Waals surface area contributed by atoms with E-state index in [-0.39, 0.29) is 37.0 Å². The van der Waals surface area contributed by atoms with Crippen LogP contribution in [-0.2, 0) is 3.07 Å². The molecule has 0 aliphatic rings. The monoisotopic (exact) mass is 272 g/mol. The topological polar surface area (TPSA) is 26.3 Å². The van der Waals surface area contributed by atoms with Crippen LogP contribution in [0.3, 0.4) is 0 Å². The Balaban J connectivity index is 0. The summed E-state index contributed by atoms with van der Waals surface area (Å²) >= 11 is 1.57. The zero-order valence-corrected chi connectivity index (χ0v) is 10.2. The predicted molar refractivity (Wildman–Crippen MR) is 47.0 cm³/mol. The number of halogens is 1. The van der Waals surface area contributed by atoms with E-state index in [9.17, 15) is 4.79 Å². The van der Waals surface area contributed by atoms with Crippen LogP contribution >= 0.6 is 23.0 Å². The van der Waals surface area contributed by atoms with Crippen molar-refractivity contribution in [1.82, 2.24) is 0 Å². The fourth-order valence-corrected chi connectivity index (χ4v) is 0.873. The standard InChI is InChI=1S/C7H5IO2.Na.H/c8-10-7(9)6-4-2-1-3-5-6;;/h1-5H;;/q;+1;-1. The van der Waals surface area contributed by atoms with Gasteiger partial charge in [0.2, 0.25) is 0 Å². The summed E-state index contributed by atoms with van der Waals surface area (Å²) in [5.41, 5.74) is 0.580. The largest absolute Gasteiger partial charge is 1.00 e. The first kappa shape index (κ1) is 11.4. The number of carbonyl (C=O) groups is 1. The van der Waals surface area contributed by atoms with Gasteiger partial charge in [-0.1, -0.05) is 18.2 Å². The first-order valence-corrected chi connectivity index (χ1v) is 3.60. The SMILES string of the molecule is O=C(OI)c1ccccc1.[H-].[Na+]. The molecular weight excluding hydrogens is 266 g/mol. The molecule has 0 amide bonds. The van der Waals surface area contributed by atoms with E-state index in [0.29, 0.717) is 5.56 Å². The third-order valence-electron chi connectivity index (χ3n) is 1.08. The molecule has 0 aliphatic heterocycles. The summed E-state index contributed by atoms with van der Waals surface area (Å²) in [5, 5.41) is 0. The van der Waals surface area contributed by atoms with E-state index in [0.717, 1.165) is 0 Å². The van der Waals surface area contributed by atoms with E-state index in [4.69, 9.17) is 0 Å². The van der Waals surface area contributed by atoms with Crippen molar-refractivity contribution >= 4 is 29.0 Å². The van der Waals surface area contributed by atoms with Crippen LogP contribution in [0.1, 0.15) is 11.8 Å². The molecule has 0 saturated carbocycles. The van der Waals surface area contributed by atoms with Gasteiger partial charge in [-0.05, 0) is 12.1 Å².